The summed E-state index contributed by atoms with van der Waals surface area (Å²) in [5.41, 5.74) is 7.41. The molecule has 0 radical (unpaired) electrons. The predicted molar refractivity (Wildman–Crippen MR) is 94.5 cm³/mol. The van der Waals surface area contributed by atoms with E-state index in [-0.39, 0.29) is 0 Å². The number of aryl methyl sites for hydroxylation is 2. The third-order valence-electron chi connectivity index (χ3n) is 5.97. The Balaban J connectivity index is 1.78. The van der Waals surface area contributed by atoms with Gasteiger partial charge in [0.15, 0.2) is 6.20 Å². The molecule has 3 aliphatic rings. The van der Waals surface area contributed by atoms with Gasteiger partial charge < -0.3 is 0 Å². The Labute approximate surface area is 137 Å². The third-order valence-corrected chi connectivity index (χ3v) is 5.97. The van der Waals surface area contributed by atoms with Crippen LogP contribution in [0.5, 0.6) is 0 Å². The van der Waals surface area contributed by atoms with Crippen LogP contribution in [0.25, 0.3) is 22.0 Å². The van der Waals surface area contributed by atoms with Gasteiger partial charge in [-0.2, -0.15) is 0 Å². The maximum absolute atomic E-state index is 2.49. The van der Waals surface area contributed by atoms with Crippen LogP contribution >= 0.6 is 0 Å². The van der Waals surface area contributed by atoms with E-state index in [2.05, 4.69) is 67.2 Å². The van der Waals surface area contributed by atoms with E-state index in [1.807, 2.05) is 0 Å². The van der Waals surface area contributed by atoms with Gasteiger partial charge >= 0.3 is 0 Å². The summed E-state index contributed by atoms with van der Waals surface area (Å²) in [5, 5.41) is 2.67. The first-order chi connectivity index (χ1) is 11.2. The number of fused-ring (bicyclic) bond motifs is 1. The van der Waals surface area contributed by atoms with Gasteiger partial charge in [-0.25, -0.2) is 4.57 Å². The zero-order valence-electron chi connectivity index (χ0n) is 13.8. The number of hydrogen-bond acceptors (Lipinski definition) is 0. The molecular formula is C22H22N+. The Hall–Kier alpha value is -2.15. The molecule has 3 aromatic rings. The second-order valence-corrected chi connectivity index (χ2v) is 7.47. The molecule has 0 aliphatic heterocycles. The lowest BCUT2D eigenvalue weighted by Crippen LogP contribution is -2.32. The summed E-state index contributed by atoms with van der Waals surface area (Å²) >= 11 is 0. The highest BCUT2D eigenvalue weighted by Gasteiger charge is 2.37. The molecule has 1 saturated carbocycles. The van der Waals surface area contributed by atoms with Crippen molar-refractivity contribution in [3.05, 3.63) is 65.4 Å². The van der Waals surface area contributed by atoms with Gasteiger partial charge in [-0.1, -0.05) is 24.3 Å². The van der Waals surface area contributed by atoms with Crippen LogP contribution in [0.15, 0.2) is 48.7 Å². The maximum Gasteiger partial charge on any atom is 0.220 e. The zero-order chi connectivity index (χ0) is 15.6. The fourth-order valence-corrected chi connectivity index (χ4v) is 4.70. The van der Waals surface area contributed by atoms with Crippen molar-refractivity contribution < 1.29 is 4.57 Å². The first-order valence-corrected chi connectivity index (χ1v) is 8.72. The number of aromatic nitrogens is 1. The highest BCUT2D eigenvalue weighted by molar-refractivity contribution is 5.93. The fraction of sp³-hybridized carbons (Fsp3) is 0.318. The molecule has 2 bridgehead atoms. The number of pyridine rings is 1. The van der Waals surface area contributed by atoms with Crippen LogP contribution in [0.4, 0.5) is 0 Å². The minimum Gasteiger partial charge on any atom is -0.200 e. The van der Waals surface area contributed by atoms with Crippen LogP contribution in [0.3, 0.4) is 0 Å². The van der Waals surface area contributed by atoms with E-state index >= 15 is 0 Å². The van der Waals surface area contributed by atoms with E-state index in [0.717, 1.165) is 11.8 Å². The van der Waals surface area contributed by atoms with Crippen molar-refractivity contribution in [1.29, 1.82) is 0 Å². The highest BCUT2D eigenvalue weighted by Crippen LogP contribution is 2.50. The van der Waals surface area contributed by atoms with Crippen molar-refractivity contribution in [2.24, 2.45) is 13.0 Å². The molecule has 0 atom stereocenters. The van der Waals surface area contributed by atoms with Gasteiger partial charge in [0, 0.05) is 11.6 Å². The normalized spacial score (nSPS) is 21.8. The summed E-state index contributed by atoms with van der Waals surface area (Å²) in [5.74, 6) is 1.79. The van der Waals surface area contributed by atoms with Crippen LogP contribution in [0.1, 0.15) is 35.4 Å². The van der Waals surface area contributed by atoms with Crippen LogP contribution in [0, 0.1) is 12.8 Å². The van der Waals surface area contributed by atoms with Gasteiger partial charge in [0.1, 0.15) is 7.05 Å². The first kappa shape index (κ1) is 13.3. The van der Waals surface area contributed by atoms with E-state index in [1.54, 1.807) is 11.1 Å². The van der Waals surface area contributed by atoms with Crippen LogP contribution in [0.2, 0.25) is 0 Å². The lowest BCUT2D eigenvalue weighted by molar-refractivity contribution is -0.659. The molecule has 23 heavy (non-hydrogen) atoms. The number of hydrogen-bond donors (Lipinski definition) is 0. The average Bonchev–Trinajstić information content (AvgIpc) is 2.53. The Morgan fingerprint density at radius 1 is 1.04 bits per heavy atom. The predicted octanol–water partition coefficient (Wildman–Crippen LogP) is 4.69. The molecule has 114 valence electrons. The second kappa shape index (κ2) is 4.67. The summed E-state index contributed by atoms with van der Waals surface area (Å²) in [6.07, 6.45) is 6.32. The van der Waals surface area contributed by atoms with Gasteiger partial charge in [0.2, 0.25) is 5.69 Å². The van der Waals surface area contributed by atoms with Crippen molar-refractivity contribution in [3.63, 3.8) is 0 Å². The largest absolute Gasteiger partial charge is 0.220 e. The van der Waals surface area contributed by atoms with Gasteiger partial charge in [-0.3, -0.25) is 0 Å². The van der Waals surface area contributed by atoms with Gasteiger partial charge in [0.05, 0.1) is 5.39 Å². The van der Waals surface area contributed by atoms with Crippen molar-refractivity contribution in [2.75, 3.05) is 0 Å². The molecular weight excluding hydrogens is 278 g/mol. The van der Waals surface area contributed by atoms with Crippen molar-refractivity contribution in [3.8, 4) is 11.3 Å². The summed E-state index contributed by atoms with van der Waals surface area (Å²) in [4.78, 5) is 0. The SMILES string of the molecule is Cc1cc2c(cc1-c1c3ccccc3cc[n+]1C)CC1CC2C1. The van der Waals surface area contributed by atoms with E-state index in [4.69, 9.17) is 0 Å². The molecule has 1 nitrogen and oxygen atoms in total. The molecule has 2 aromatic carbocycles. The molecule has 3 aliphatic carbocycles. The Morgan fingerprint density at radius 2 is 1.87 bits per heavy atom. The molecule has 0 N–H and O–H groups in total. The Bertz CT molecular complexity index is 932. The van der Waals surface area contributed by atoms with Crippen LogP contribution < -0.4 is 4.57 Å². The smallest absolute Gasteiger partial charge is 0.200 e. The lowest BCUT2D eigenvalue weighted by Gasteiger charge is -2.43. The fourth-order valence-electron chi connectivity index (χ4n) is 4.70. The van der Waals surface area contributed by atoms with Crippen LogP contribution in [-0.2, 0) is 13.5 Å². The molecule has 6 rings (SSSR count). The van der Waals surface area contributed by atoms with Gasteiger partial charge in [0.25, 0.3) is 0 Å². The standard InChI is InChI=1S/C22H22N/c1-14-9-21-17-10-15(11-17)12-18(21)13-20(14)22-19-6-4-3-5-16(19)7-8-23(22)2/h3-9,13,15,17H,10-12H2,1-2H3/q+1. The van der Waals surface area contributed by atoms with E-state index in [1.165, 1.54) is 46.9 Å². The molecule has 1 fully saturated rings. The summed E-state index contributed by atoms with van der Waals surface area (Å²) < 4.78 is 2.28. The third kappa shape index (κ3) is 1.89. The van der Waals surface area contributed by atoms with Crippen molar-refractivity contribution in [1.82, 2.24) is 0 Å². The summed E-state index contributed by atoms with van der Waals surface area (Å²) in [6.45, 7) is 2.28. The molecule has 1 aromatic heterocycles. The van der Waals surface area contributed by atoms with Crippen molar-refractivity contribution in [2.45, 2.75) is 32.1 Å². The quantitative estimate of drug-likeness (QED) is 0.574. The number of nitrogens with zero attached hydrogens (tertiary/aromatic N) is 1. The first-order valence-electron chi connectivity index (χ1n) is 8.72. The van der Waals surface area contributed by atoms with E-state index in [0.29, 0.717) is 0 Å². The lowest BCUT2D eigenvalue weighted by atomic mass is 9.62. The second-order valence-electron chi connectivity index (χ2n) is 7.47. The van der Waals surface area contributed by atoms with Crippen molar-refractivity contribution >= 4 is 10.8 Å². The minimum atomic E-state index is 0.845. The topological polar surface area (TPSA) is 3.88 Å². The Kier molecular flexibility index (Phi) is 2.70. The molecule has 0 unspecified atom stereocenters. The summed E-state index contributed by atoms with van der Waals surface area (Å²) in [7, 11) is 2.16. The van der Waals surface area contributed by atoms with E-state index < -0.39 is 0 Å². The van der Waals surface area contributed by atoms with Gasteiger partial charge in [-0.05, 0) is 72.2 Å². The molecule has 0 saturated heterocycles. The summed E-state index contributed by atoms with van der Waals surface area (Å²) in [6, 6.07) is 15.9. The van der Waals surface area contributed by atoms with Gasteiger partial charge in [-0.15, -0.1) is 0 Å². The maximum atomic E-state index is 2.49. The van der Waals surface area contributed by atoms with E-state index in [9.17, 15) is 0 Å². The highest BCUT2D eigenvalue weighted by atomic mass is 14.9. The monoisotopic (exact) mass is 300 g/mol. The van der Waals surface area contributed by atoms with Crippen LogP contribution in [-0.4, -0.2) is 0 Å². The molecule has 0 amide bonds. The Morgan fingerprint density at radius 3 is 2.74 bits per heavy atom. The minimum absolute atomic E-state index is 0.845. The number of rotatable bonds is 1. The molecule has 0 spiro atoms. The average molecular weight is 300 g/mol. The molecule has 1 heterocycles. The molecule has 1 heteroatoms. The number of benzene rings is 2. The zero-order valence-corrected chi connectivity index (χ0v) is 13.8.